The summed E-state index contributed by atoms with van der Waals surface area (Å²) in [7, 11) is 1.62. The normalized spacial score (nSPS) is 20.1. The number of carboxylic acids is 1. The van der Waals surface area contributed by atoms with E-state index in [9.17, 15) is 4.79 Å². The molecular formula is C12H18N2O3. The minimum atomic E-state index is -0.792. The molecule has 1 aliphatic carbocycles. The van der Waals surface area contributed by atoms with E-state index in [0.29, 0.717) is 17.9 Å². The van der Waals surface area contributed by atoms with Crippen LogP contribution in [0, 0.1) is 0 Å². The van der Waals surface area contributed by atoms with Gasteiger partial charge in [0.05, 0.1) is 5.69 Å². The Balaban J connectivity index is 2.40. The van der Waals surface area contributed by atoms with Crippen LogP contribution >= 0.6 is 0 Å². The highest BCUT2D eigenvalue weighted by molar-refractivity contribution is 5.76. The second-order valence-electron chi connectivity index (χ2n) is 4.95. The summed E-state index contributed by atoms with van der Waals surface area (Å²) in [5.41, 5.74) is 1.12. The highest BCUT2D eigenvalue weighted by Gasteiger charge is 2.33. The van der Waals surface area contributed by atoms with Crippen LogP contribution in [0.3, 0.4) is 0 Å². The van der Waals surface area contributed by atoms with E-state index in [2.05, 4.69) is 9.97 Å². The number of imidazole rings is 1. The van der Waals surface area contributed by atoms with Gasteiger partial charge in [-0.05, 0) is 33.1 Å². The number of nitrogens with one attached hydrogen (secondary N) is 1. The fourth-order valence-corrected chi connectivity index (χ4v) is 2.14. The topological polar surface area (TPSA) is 75.2 Å². The molecule has 1 unspecified atom stereocenters. The molecule has 1 heterocycles. The van der Waals surface area contributed by atoms with Crippen molar-refractivity contribution in [2.24, 2.45) is 0 Å². The van der Waals surface area contributed by atoms with E-state index in [-0.39, 0.29) is 0 Å². The molecule has 2 rings (SSSR count). The number of carboxylic acid groups (broad SMARTS) is 1. The van der Waals surface area contributed by atoms with Crippen LogP contribution in [0.25, 0.3) is 0 Å². The number of aromatic nitrogens is 2. The first kappa shape index (κ1) is 12.1. The fraction of sp³-hybridized carbons (Fsp3) is 0.667. The maximum Gasteiger partial charge on any atom is 0.312 e. The van der Waals surface area contributed by atoms with Crippen LogP contribution in [0.2, 0.25) is 0 Å². The zero-order valence-electron chi connectivity index (χ0n) is 10.4. The molecule has 5 nitrogen and oxygen atoms in total. The minimum absolute atomic E-state index is 0.476. The molecule has 0 radical (unpaired) electrons. The van der Waals surface area contributed by atoms with Gasteiger partial charge in [0.15, 0.2) is 0 Å². The van der Waals surface area contributed by atoms with Gasteiger partial charge in [0.25, 0.3) is 0 Å². The van der Waals surface area contributed by atoms with Crippen molar-refractivity contribution in [3.05, 3.63) is 17.2 Å². The van der Waals surface area contributed by atoms with E-state index in [1.54, 1.807) is 7.11 Å². The second-order valence-corrected chi connectivity index (χ2v) is 4.95. The Kier molecular flexibility index (Phi) is 2.95. The van der Waals surface area contributed by atoms with Crippen LogP contribution in [0.4, 0.5) is 0 Å². The molecule has 1 aromatic rings. The predicted octanol–water partition coefficient (Wildman–Crippen LogP) is 1.80. The molecule has 1 atom stereocenters. The molecule has 5 heteroatoms. The van der Waals surface area contributed by atoms with Crippen molar-refractivity contribution in [1.29, 1.82) is 0 Å². The smallest absolute Gasteiger partial charge is 0.312 e. The predicted molar refractivity (Wildman–Crippen MR) is 61.9 cm³/mol. The Hall–Kier alpha value is -1.36. The summed E-state index contributed by atoms with van der Waals surface area (Å²) in [5.74, 6) is -0.561. The molecule has 1 aromatic heterocycles. The summed E-state index contributed by atoms with van der Waals surface area (Å²) >= 11 is 0. The van der Waals surface area contributed by atoms with E-state index in [0.717, 1.165) is 18.5 Å². The fourth-order valence-electron chi connectivity index (χ4n) is 2.14. The lowest BCUT2D eigenvalue weighted by Gasteiger charge is -2.19. The van der Waals surface area contributed by atoms with Gasteiger partial charge in [0, 0.05) is 12.8 Å². The van der Waals surface area contributed by atoms with E-state index < -0.39 is 17.5 Å². The summed E-state index contributed by atoms with van der Waals surface area (Å²) in [6.07, 6.45) is 2.42. The van der Waals surface area contributed by atoms with Crippen LogP contribution in [-0.2, 0) is 21.6 Å². The van der Waals surface area contributed by atoms with Crippen molar-refractivity contribution in [3.63, 3.8) is 0 Å². The lowest BCUT2D eigenvalue weighted by atomic mass is 9.90. The van der Waals surface area contributed by atoms with E-state index in [4.69, 9.17) is 9.84 Å². The van der Waals surface area contributed by atoms with Crippen LogP contribution < -0.4 is 0 Å². The Labute approximate surface area is 100 Å². The summed E-state index contributed by atoms with van der Waals surface area (Å²) in [6.45, 7) is 3.82. The Morgan fingerprint density at radius 3 is 2.88 bits per heavy atom. The van der Waals surface area contributed by atoms with Crippen LogP contribution in [0.15, 0.2) is 0 Å². The van der Waals surface area contributed by atoms with Crippen molar-refractivity contribution in [2.75, 3.05) is 7.11 Å². The average molecular weight is 238 g/mol. The van der Waals surface area contributed by atoms with E-state index in [1.165, 1.54) is 0 Å². The number of carbonyl (C=O) groups is 1. The molecule has 1 aliphatic rings. The summed E-state index contributed by atoms with van der Waals surface area (Å²) in [4.78, 5) is 18.8. The molecule has 94 valence electrons. The molecule has 0 fully saturated rings. The van der Waals surface area contributed by atoms with Gasteiger partial charge >= 0.3 is 5.97 Å². The number of hydrogen-bond donors (Lipinski definition) is 2. The number of fused-ring (bicyclic) bond motifs is 1. The molecule has 0 saturated heterocycles. The molecular weight excluding hydrogens is 220 g/mol. The van der Waals surface area contributed by atoms with E-state index >= 15 is 0 Å². The van der Waals surface area contributed by atoms with Crippen LogP contribution in [-0.4, -0.2) is 28.2 Å². The Bertz CT molecular complexity index is 437. The number of H-pyrrole nitrogens is 1. The summed E-state index contributed by atoms with van der Waals surface area (Å²) in [5, 5.41) is 9.17. The first-order valence-corrected chi connectivity index (χ1v) is 5.83. The number of rotatable bonds is 3. The number of nitrogens with zero attached hydrogens (tertiary/aromatic N) is 1. The van der Waals surface area contributed by atoms with Crippen molar-refractivity contribution < 1.29 is 14.6 Å². The lowest BCUT2D eigenvalue weighted by molar-refractivity contribution is -0.139. The molecule has 17 heavy (non-hydrogen) atoms. The molecule has 0 bridgehead atoms. The van der Waals surface area contributed by atoms with Gasteiger partial charge in [-0.15, -0.1) is 0 Å². The van der Waals surface area contributed by atoms with Gasteiger partial charge in [0.2, 0.25) is 0 Å². The highest BCUT2D eigenvalue weighted by Crippen LogP contribution is 2.32. The summed E-state index contributed by atoms with van der Waals surface area (Å²) < 4.78 is 5.36. The SMILES string of the molecule is COC(C)(C)c1nc2c([nH]1)CCCC2C(=O)O. The molecule has 2 N–H and O–H groups in total. The van der Waals surface area contributed by atoms with Crippen molar-refractivity contribution >= 4 is 5.97 Å². The number of ether oxygens (including phenoxy) is 1. The maximum atomic E-state index is 11.2. The highest BCUT2D eigenvalue weighted by atomic mass is 16.5. The quantitative estimate of drug-likeness (QED) is 0.841. The van der Waals surface area contributed by atoms with Gasteiger partial charge < -0.3 is 14.8 Å². The zero-order chi connectivity index (χ0) is 12.6. The van der Waals surface area contributed by atoms with Gasteiger partial charge in [-0.3, -0.25) is 4.79 Å². The largest absolute Gasteiger partial charge is 0.481 e. The van der Waals surface area contributed by atoms with Crippen molar-refractivity contribution in [2.45, 2.75) is 44.6 Å². The third kappa shape index (κ3) is 2.07. The van der Waals surface area contributed by atoms with E-state index in [1.807, 2.05) is 13.8 Å². The molecule has 0 amide bonds. The number of aryl methyl sites for hydroxylation is 1. The third-order valence-electron chi connectivity index (χ3n) is 3.44. The van der Waals surface area contributed by atoms with Gasteiger partial charge in [0.1, 0.15) is 17.3 Å². The molecule has 0 spiro atoms. The maximum absolute atomic E-state index is 11.2. The number of methoxy groups -OCH3 is 1. The minimum Gasteiger partial charge on any atom is -0.481 e. The zero-order valence-corrected chi connectivity index (χ0v) is 10.4. The number of hydrogen-bond acceptors (Lipinski definition) is 3. The first-order valence-electron chi connectivity index (χ1n) is 5.83. The van der Waals surface area contributed by atoms with Gasteiger partial charge in [-0.25, -0.2) is 4.98 Å². The van der Waals surface area contributed by atoms with Gasteiger partial charge in [-0.1, -0.05) is 0 Å². The Morgan fingerprint density at radius 2 is 2.29 bits per heavy atom. The Morgan fingerprint density at radius 1 is 1.59 bits per heavy atom. The second kappa shape index (κ2) is 4.14. The monoisotopic (exact) mass is 238 g/mol. The average Bonchev–Trinajstić information content (AvgIpc) is 2.72. The van der Waals surface area contributed by atoms with Crippen LogP contribution in [0.5, 0.6) is 0 Å². The van der Waals surface area contributed by atoms with Crippen LogP contribution in [0.1, 0.15) is 49.8 Å². The molecule has 0 aromatic carbocycles. The standard InChI is InChI=1S/C12H18N2O3/c1-12(2,17-3)11-13-8-6-4-5-7(10(15)16)9(8)14-11/h7H,4-6H2,1-3H3,(H,13,14)(H,15,16). The summed E-state index contributed by atoms with van der Waals surface area (Å²) in [6, 6.07) is 0. The van der Waals surface area contributed by atoms with Crippen molar-refractivity contribution in [1.82, 2.24) is 9.97 Å². The first-order chi connectivity index (χ1) is 7.95. The molecule has 0 saturated carbocycles. The number of aromatic amines is 1. The van der Waals surface area contributed by atoms with Gasteiger partial charge in [-0.2, -0.15) is 0 Å². The lowest BCUT2D eigenvalue weighted by Crippen LogP contribution is -2.21. The molecule has 0 aliphatic heterocycles. The number of aliphatic carboxylic acids is 1. The third-order valence-corrected chi connectivity index (χ3v) is 3.44. The van der Waals surface area contributed by atoms with Crippen molar-refractivity contribution in [3.8, 4) is 0 Å².